The molecule has 0 aliphatic carbocycles. The fourth-order valence-electron chi connectivity index (χ4n) is 1.44. The van der Waals surface area contributed by atoms with Gasteiger partial charge in [0.1, 0.15) is 4.21 Å². The van der Waals surface area contributed by atoms with Gasteiger partial charge in [-0.2, -0.15) is 13.2 Å². The number of nitrogens with one attached hydrogen (secondary N) is 1. The second-order valence-electron chi connectivity index (χ2n) is 3.88. The van der Waals surface area contributed by atoms with Crippen LogP contribution >= 0.6 is 11.3 Å². The molecule has 0 fully saturated rings. The molecule has 2 rings (SSSR count). The molecule has 0 saturated heterocycles. The van der Waals surface area contributed by atoms with E-state index in [0.717, 1.165) is 29.5 Å². The Labute approximate surface area is 117 Å². The van der Waals surface area contributed by atoms with Crippen LogP contribution in [-0.4, -0.2) is 8.42 Å². The molecule has 20 heavy (non-hydrogen) atoms. The van der Waals surface area contributed by atoms with Gasteiger partial charge in [-0.05, 0) is 24.3 Å². The Morgan fingerprint density at radius 2 is 1.90 bits per heavy atom. The zero-order valence-corrected chi connectivity index (χ0v) is 11.4. The third kappa shape index (κ3) is 3.23. The molecule has 4 nitrogen and oxygen atoms in total. The van der Waals surface area contributed by atoms with E-state index in [2.05, 4.69) is 4.72 Å². The highest BCUT2D eigenvalue weighted by Gasteiger charge is 2.30. The van der Waals surface area contributed by atoms with Crippen molar-refractivity contribution in [1.82, 2.24) is 0 Å². The summed E-state index contributed by atoms with van der Waals surface area (Å²) < 4.78 is 63.5. The number of rotatable bonds is 3. The lowest BCUT2D eigenvalue weighted by Gasteiger charge is -2.10. The molecule has 0 saturated carbocycles. The Hall–Kier alpha value is -1.74. The van der Waals surface area contributed by atoms with Crippen molar-refractivity contribution in [3.63, 3.8) is 0 Å². The highest BCUT2D eigenvalue weighted by Crippen LogP contribution is 2.31. The van der Waals surface area contributed by atoms with E-state index in [-0.39, 0.29) is 15.6 Å². The normalized spacial score (nSPS) is 12.3. The van der Waals surface area contributed by atoms with Gasteiger partial charge in [-0.15, -0.1) is 11.3 Å². The van der Waals surface area contributed by atoms with Gasteiger partial charge >= 0.3 is 6.18 Å². The summed E-state index contributed by atoms with van der Waals surface area (Å²) in [5, 5.41) is 1.43. The molecule has 0 spiro atoms. The van der Waals surface area contributed by atoms with Crippen LogP contribution in [0.15, 0.2) is 39.9 Å². The first-order valence-electron chi connectivity index (χ1n) is 5.22. The minimum atomic E-state index is -4.53. The third-order valence-electron chi connectivity index (χ3n) is 2.30. The zero-order valence-electron chi connectivity index (χ0n) is 9.81. The topological polar surface area (TPSA) is 72.2 Å². The van der Waals surface area contributed by atoms with Crippen molar-refractivity contribution < 1.29 is 21.6 Å². The van der Waals surface area contributed by atoms with Gasteiger partial charge in [-0.1, -0.05) is 6.07 Å². The lowest BCUT2D eigenvalue weighted by atomic mass is 10.2. The zero-order chi connectivity index (χ0) is 15.0. The van der Waals surface area contributed by atoms with Gasteiger partial charge in [0.2, 0.25) is 0 Å². The van der Waals surface area contributed by atoms with E-state index in [1.165, 1.54) is 17.5 Å². The molecule has 0 atom stereocenters. The predicted molar refractivity (Wildman–Crippen MR) is 71.0 cm³/mol. The molecule has 0 radical (unpaired) electrons. The summed E-state index contributed by atoms with van der Waals surface area (Å²) in [6.07, 6.45) is -4.53. The molecule has 9 heteroatoms. The number of benzene rings is 1. The summed E-state index contributed by atoms with van der Waals surface area (Å²) in [6.45, 7) is 0. The van der Waals surface area contributed by atoms with E-state index in [9.17, 15) is 21.6 Å². The molecule has 0 unspecified atom stereocenters. The number of hydrogen-bond acceptors (Lipinski definition) is 4. The fraction of sp³-hybridized carbons (Fsp3) is 0.0909. The highest BCUT2D eigenvalue weighted by atomic mass is 32.2. The van der Waals surface area contributed by atoms with E-state index in [1.54, 1.807) is 0 Å². The third-order valence-corrected chi connectivity index (χ3v) is 5.14. The van der Waals surface area contributed by atoms with Gasteiger partial charge in [0.25, 0.3) is 10.0 Å². The Bertz CT molecular complexity index is 723. The van der Waals surface area contributed by atoms with Gasteiger partial charge in [-0.3, -0.25) is 4.72 Å². The highest BCUT2D eigenvalue weighted by molar-refractivity contribution is 7.94. The van der Waals surface area contributed by atoms with Gasteiger partial charge < -0.3 is 5.73 Å². The molecular formula is C11H9F3N2O2S2. The van der Waals surface area contributed by atoms with Crippen LogP contribution in [0.4, 0.5) is 24.5 Å². The molecule has 0 amide bonds. The summed E-state index contributed by atoms with van der Waals surface area (Å²) in [6, 6.07) is 5.20. The number of nitrogens with two attached hydrogens (primary N) is 1. The van der Waals surface area contributed by atoms with E-state index in [4.69, 9.17) is 5.73 Å². The maximum absolute atomic E-state index is 12.5. The van der Waals surface area contributed by atoms with Crippen molar-refractivity contribution in [2.24, 2.45) is 0 Å². The van der Waals surface area contributed by atoms with Crippen LogP contribution in [0.25, 0.3) is 0 Å². The largest absolute Gasteiger partial charge is 0.416 e. The molecule has 2 aromatic rings. The number of hydrogen-bond donors (Lipinski definition) is 2. The van der Waals surface area contributed by atoms with Crippen molar-refractivity contribution in [2.45, 2.75) is 10.4 Å². The molecule has 1 aromatic carbocycles. The van der Waals surface area contributed by atoms with Crippen molar-refractivity contribution >= 4 is 32.7 Å². The number of nitrogen functional groups attached to an aromatic ring is 1. The number of sulfonamides is 1. The van der Waals surface area contributed by atoms with Crippen LogP contribution in [0.3, 0.4) is 0 Å². The molecular weight excluding hydrogens is 313 g/mol. The average molecular weight is 322 g/mol. The quantitative estimate of drug-likeness (QED) is 0.912. The summed E-state index contributed by atoms with van der Waals surface area (Å²) in [5.41, 5.74) is 4.61. The summed E-state index contributed by atoms with van der Waals surface area (Å²) in [5.74, 6) is 0. The number of alkyl halides is 3. The lowest BCUT2D eigenvalue weighted by Crippen LogP contribution is -2.12. The lowest BCUT2D eigenvalue weighted by molar-refractivity contribution is -0.137. The Kier molecular flexibility index (Phi) is 3.65. The van der Waals surface area contributed by atoms with Crippen molar-refractivity contribution in [1.29, 1.82) is 0 Å². The van der Waals surface area contributed by atoms with Crippen LogP contribution < -0.4 is 10.5 Å². The summed E-state index contributed by atoms with van der Waals surface area (Å²) >= 11 is 0.888. The maximum atomic E-state index is 12.5. The summed E-state index contributed by atoms with van der Waals surface area (Å²) in [7, 11) is -3.93. The number of thiophene rings is 1. The molecule has 0 aliphatic heterocycles. The molecule has 3 N–H and O–H groups in total. The van der Waals surface area contributed by atoms with Crippen molar-refractivity contribution in [2.75, 3.05) is 10.5 Å². The second-order valence-corrected chi connectivity index (χ2v) is 6.70. The second kappa shape index (κ2) is 4.98. The maximum Gasteiger partial charge on any atom is 0.416 e. The van der Waals surface area contributed by atoms with Crippen molar-refractivity contribution in [3.05, 3.63) is 41.3 Å². The standard InChI is InChI=1S/C11H9F3N2O2S2/c12-11(13,14)7-2-1-3-9(4-7)16-20(17,18)10-5-8(15)6-19-10/h1-6,16H,15H2. The fourth-order valence-corrected chi connectivity index (χ4v) is 3.57. The molecule has 1 heterocycles. The Morgan fingerprint density at radius 3 is 2.45 bits per heavy atom. The minimum Gasteiger partial charge on any atom is -0.398 e. The van der Waals surface area contributed by atoms with E-state index in [1.807, 2.05) is 0 Å². The first-order chi connectivity index (χ1) is 9.18. The minimum absolute atomic E-state index is 0.0626. The van der Waals surface area contributed by atoms with Crippen LogP contribution in [0.1, 0.15) is 5.56 Å². The van der Waals surface area contributed by atoms with E-state index in [0.29, 0.717) is 0 Å². The van der Waals surface area contributed by atoms with Gasteiger partial charge in [0, 0.05) is 16.8 Å². The SMILES string of the molecule is Nc1csc(S(=O)(=O)Nc2cccc(C(F)(F)F)c2)c1. The van der Waals surface area contributed by atoms with Crippen molar-refractivity contribution in [3.8, 4) is 0 Å². The molecule has 0 bridgehead atoms. The van der Waals surface area contributed by atoms with E-state index < -0.39 is 21.8 Å². The smallest absolute Gasteiger partial charge is 0.398 e. The molecule has 0 aliphatic rings. The van der Waals surface area contributed by atoms with Gasteiger partial charge in [0.15, 0.2) is 0 Å². The molecule has 1 aromatic heterocycles. The molecule has 108 valence electrons. The monoisotopic (exact) mass is 322 g/mol. The summed E-state index contributed by atoms with van der Waals surface area (Å²) in [4.78, 5) is 0. The van der Waals surface area contributed by atoms with E-state index >= 15 is 0 Å². The van der Waals surface area contributed by atoms with Crippen LogP contribution in [0, 0.1) is 0 Å². The first kappa shape index (κ1) is 14.7. The van der Waals surface area contributed by atoms with Crippen LogP contribution in [0.5, 0.6) is 0 Å². The number of anilines is 2. The average Bonchev–Trinajstić information content (AvgIpc) is 2.75. The number of halogens is 3. The first-order valence-corrected chi connectivity index (χ1v) is 7.59. The Balaban J connectivity index is 2.31. The van der Waals surface area contributed by atoms with Gasteiger partial charge in [0.05, 0.1) is 5.56 Å². The van der Waals surface area contributed by atoms with Crippen LogP contribution in [0.2, 0.25) is 0 Å². The Morgan fingerprint density at radius 1 is 1.20 bits per heavy atom. The predicted octanol–water partition coefficient (Wildman–Crippen LogP) is 3.15. The van der Waals surface area contributed by atoms with Crippen LogP contribution in [-0.2, 0) is 16.2 Å². The van der Waals surface area contributed by atoms with Gasteiger partial charge in [-0.25, -0.2) is 8.42 Å².